The van der Waals surface area contributed by atoms with Gasteiger partial charge in [-0.05, 0) is 44.2 Å². The molecular formula is C23H31N7. The fourth-order valence-electron chi connectivity index (χ4n) is 4.54. The maximum absolute atomic E-state index is 4.88. The van der Waals surface area contributed by atoms with Crippen molar-refractivity contribution in [1.82, 2.24) is 24.6 Å². The topological polar surface area (TPSA) is 62.5 Å². The quantitative estimate of drug-likeness (QED) is 0.651. The Kier molecular flexibility index (Phi) is 4.83. The van der Waals surface area contributed by atoms with E-state index in [2.05, 4.69) is 53.9 Å². The summed E-state index contributed by atoms with van der Waals surface area (Å²) in [6.45, 7) is 10.5. The number of aryl methyl sites for hydroxylation is 1. The second-order valence-corrected chi connectivity index (χ2v) is 9.53. The normalized spacial score (nSPS) is 17.8. The molecule has 0 amide bonds. The molecule has 0 N–H and O–H groups in total. The summed E-state index contributed by atoms with van der Waals surface area (Å²) in [7, 11) is 0. The molecule has 0 aromatic carbocycles. The van der Waals surface area contributed by atoms with Gasteiger partial charge in [0.1, 0.15) is 18.0 Å². The number of nitrogens with zero attached hydrogens (tertiary/aromatic N) is 7. The minimum atomic E-state index is 0.0215. The minimum absolute atomic E-state index is 0.0215. The lowest BCUT2D eigenvalue weighted by Crippen LogP contribution is -2.32. The molecule has 7 nitrogen and oxygen atoms in total. The molecule has 1 aliphatic heterocycles. The van der Waals surface area contributed by atoms with Crippen LogP contribution < -0.4 is 9.80 Å². The zero-order chi connectivity index (χ0) is 20.7. The van der Waals surface area contributed by atoms with Crippen LogP contribution in [0.1, 0.15) is 57.0 Å². The average Bonchev–Trinajstić information content (AvgIpc) is 3.03. The highest BCUT2D eigenvalue weighted by Gasteiger charge is 2.23. The zero-order valence-electron chi connectivity index (χ0n) is 18.3. The van der Waals surface area contributed by atoms with Crippen LogP contribution in [0.3, 0.4) is 0 Å². The van der Waals surface area contributed by atoms with Gasteiger partial charge in [0.2, 0.25) is 0 Å². The fourth-order valence-corrected chi connectivity index (χ4v) is 4.54. The van der Waals surface area contributed by atoms with Crippen molar-refractivity contribution >= 4 is 17.3 Å². The first-order chi connectivity index (χ1) is 14.5. The van der Waals surface area contributed by atoms with Gasteiger partial charge in [0.25, 0.3) is 0 Å². The first kappa shape index (κ1) is 19.3. The van der Waals surface area contributed by atoms with Crippen molar-refractivity contribution in [2.45, 2.75) is 58.3 Å². The van der Waals surface area contributed by atoms with E-state index in [1.807, 2.05) is 4.52 Å². The van der Waals surface area contributed by atoms with E-state index in [1.54, 1.807) is 6.33 Å². The third-order valence-corrected chi connectivity index (χ3v) is 6.30. The molecule has 3 aromatic heterocycles. The minimum Gasteiger partial charge on any atom is -0.354 e. The summed E-state index contributed by atoms with van der Waals surface area (Å²) in [5, 5.41) is 4.88. The highest BCUT2D eigenvalue weighted by Crippen LogP contribution is 2.28. The van der Waals surface area contributed by atoms with Gasteiger partial charge in [-0.15, -0.1) is 5.10 Å². The molecular weight excluding hydrogens is 374 g/mol. The molecule has 7 heteroatoms. The largest absolute Gasteiger partial charge is 0.354 e. The van der Waals surface area contributed by atoms with Crippen LogP contribution in [-0.2, 0) is 18.3 Å². The molecule has 5 rings (SSSR count). The second-order valence-electron chi connectivity index (χ2n) is 9.53. The maximum atomic E-state index is 4.88. The van der Waals surface area contributed by atoms with Gasteiger partial charge in [0.05, 0.1) is 11.9 Å². The van der Waals surface area contributed by atoms with Gasteiger partial charge >= 0.3 is 0 Å². The Hall–Kier alpha value is -2.70. The molecule has 2 aliphatic rings. The summed E-state index contributed by atoms with van der Waals surface area (Å²) in [6.07, 6.45) is 9.61. The summed E-state index contributed by atoms with van der Waals surface area (Å²) in [5.41, 5.74) is 4.64. The SMILES string of the molecule is CC(C)(C)c1cn2nc(N3CCCN(c4ncnc5c4CCCC5)CC3)ccc2n1. The first-order valence-corrected chi connectivity index (χ1v) is 11.2. The number of fused-ring (bicyclic) bond motifs is 2. The van der Waals surface area contributed by atoms with Gasteiger partial charge in [-0.1, -0.05) is 20.8 Å². The Bertz CT molecular complexity index is 1050. The van der Waals surface area contributed by atoms with Gasteiger partial charge in [-0.2, -0.15) is 0 Å². The van der Waals surface area contributed by atoms with Crippen molar-refractivity contribution in [1.29, 1.82) is 0 Å². The van der Waals surface area contributed by atoms with E-state index >= 15 is 0 Å². The van der Waals surface area contributed by atoms with E-state index in [0.29, 0.717) is 0 Å². The van der Waals surface area contributed by atoms with E-state index in [1.165, 1.54) is 24.1 Å². The molecule has 0 bridgehead atoms. The Labute approximate surface area is 178 Å². The van der Waals surface area contributed by atoms with Gasteiger partial charge in [0.15, 0.2) is 5.65 Å². The second kappa shape index (κ2) is 7.52. The van der Waals surface area contributed by atoms with Crippen molar-refractivity contribution in [3.63, 3.8) is 0 Å². The molecule has 1 saturated heterocycles. The number of hydrogen-bond acceptors (Lipinski definition) is 6. The van der Waals surface area contributed by atoms with Crippen molar-refractivity contribution in [2.24, 2.45) is 0 Å². The first-order valence-electron chi connectivity index (χ1n) is 11.2. The molecule has 1 aliphatic carbocycles. The van der Waals surface area contributed by atoms with Crippen LogP contribution in [0.2, 0.25) is 0 Å². The maximum Gasteiger partial charge on any atom is 0.153 e. The summed E-state index contributed by atoms with van der Waals surface area (Å²) in [5.74, 6) is 2.18. The summed E-state index contributed by atoms with van der Waals surface area (Å²) < 4.78 is 1.93. The lowest BCUT2D eigenvalue weighted by Gasteiger charge is -2.27. The van der Waals surface area contributed by atoms with E-state index < -0.39 is 0 Å². The van der Waals surface area contributed by atoms with Crippen LogP contribution in [0, 0.1) is 0 Å². The van der Waals surface area contributed by atoms with Crippen LogP contribution in [-0.4, -0.2) is 50.7 Å². The van der Waals surface area contributed by atoms with Gasteiger partial charge in [-0.3, -0.25) is 0 Å². The molecule has 1 fully saturated rings. The van der Waals surface area contributed by atoms with Gasteiger partial charge in [-0.25, -0.2) is 19.5 Å². The lowest BCUT2D eigenvalue weighted by atomic mass is 9.93. The van der Waals surface area contributed by atoms with E-state index in [-0.39, 0.29) is 5.41 Å². The monoisotopic (exact) mass is 405 g/mol. The highest BCUT2D eigenvalue weighted by atomic mass is 15.3. The van der Waals surface area contributed by atoms with E-state index in [0.717, 1.165) is 68.4 Å². The number of aromatic nitrogens is 5. The van der Waals surface area contributed by atoms with Crippen LogP contribution in [0.15, 0.2) is 24.7 Å². The van der Waals surface area contributed by atoms with Crippen LogP contribution in [0.25, 0.3) is 5.65 Å². The average molecular weight is 406 g/mol. The molecule has 0 unspecified atom stereocenters. The van der Waals surface area contributed by atoms with Crippen molar-refractivity contribution in [2.75, 3.05) is 36.0 Å². The Morgan fingerprint density at radius 2 is 1.67 bits per heavy atom. The van der Waals surface area contributed by atoms with Crippen LogP contribution in [0.4, 0.5) is 11.6 Å². The standard InChI is InChI=1S/C23H31N7/c1-23(2,3)19-15-30-20(26-19)9-10-21(27-30)28-11-6-12-29(14-13-28)22-17-7-4-5-8-18(17)24-16-25-22/h9-10,15-16H,4-8,11-14H2,1-3H3. The van der Waals surface area contributed by atoms with Crippen LogP contribution in [0.5, 0.6) is 0 Å². The third kappa shape index (κ3) is 3.61. The summed E-state index contributed by atoms with van der Waals surface area (Å²) in [4.78, 5) is 18.8. The molecule has 0 saturated carbocycles. The van der Waals surface area contributed by atoms with Crippen molar-refractivity contribution in [3.8, 4) is 0 Å². The Morgan fingerprint density at radius 1 is 0.867 bits per heavy atom. The molecule has 30 heavy (non-hydrogen) atoms. The molecule has 0 atom stereocenters. The third-order valence-electron chi connectivity index (χ3n) is 6.30. The molecule has 158 valence electrons. The highest BCUT2D eigenvalue weighted by molar-refractivity contribution is 5.51. The number of rotatable bonds is 2. The van der Waals surface area contributed by atoms with Gasteiger partial charge in [0, 0.05) is 42.9 Å². The summed E-state index contributed by atoms with van der Waals surface area (Å²) >= 11 is 0. The lowest BCUT2D eigenvalue weighted by molar-refractivity contribution is 0.572. The molecule has 4 heterocycles. The zero-order valence-corrected chi connectivity index (χ0v) is 18.3. The number of anilines is 2. The molecule has 3 aromatic rings. The number of hydrogen-bond donors (Lipinski definition) is 0. The van der Waals surface area contributed by atoms with Crippen LogP contribution >= 0.6 is 0 Å². The van der Waals surface area contributed by atoms with Gasteiger partial charge < -0.3 is 9.80 Å². The van der Waals surface area contributed by atoms with E-state index in [9.17, 15) is 0 Å². The Morgan fingerprint density at radius 3 is 2.53 bits per heavy atom. The summed E-state index contributed by atoms with van der Waals surface area (Å²) in [6, 6.07) is 4.19. The van der Waals surface area contributed by atoms with Crippen molar-refractivity contribution < 1.29 is 0 Å². The molecule has 0 radical (unpaired) electrons. The van der Waals surface area contributed by atoms with E-state index in [4.69, 9.17) is 15.1 Å². The number of imidazole rings is 1. The fraction of sp³-hybridized carbons (Fsp3) is 0.565. The molecule has 0 spiro atoms. The predicted octanol–water partition coefficient (Wildman–Crippen LogP) is 3.41. The smallest absolute Gasteiger partial charge is 0.153 e. The van der Waals surface area contributed by atoms with Crippen molar-refractivity contribution in [3.05, 3.63) is 41.6 Å². The predicted molar refractivity (Wildman–Crippen MR) is 119 cm³/mol. The Balaban J connectivity index is 1.36.